The Morgan fingerprint density at radius 3 is 2.75 bits per heavy atom. The smallest absolute Gasteiger partial charge is 0.309 e. The van der Waals surface area contributed by atoms with Crippen molar-refractivity contribution in [1.29, 1.82) is 0 Å². The second-order valence-corrected chi connectivity index (χ2v) is 6.29. The van der Waals surface area contributed by atoms with E-state index in [1.807, 2.05) is 6.92 Å². The zero-order chi connectivity index (χ0) is 12.2. The minimum atomic E-state index is -3.54. The summed E-state index contributed by atoms with van der Waals surface area (Å²) in [6, 6.07) is 4.83. The quantitative estimate of drug-likeness (QED) is 0.776. The molecule has 0 radical (unpaired) electrons. The molecule has 90 valence electrons. The Kier molecular flexibility index (Phi) is 5.08. The van der Waals surface area contributed by atoms with Gasteiger partial charge >= 0.3 is 10.1 Å². The van der Waals surface area contributed by atoms with E-state index in [1.165, 1.54) is 6.07 Å². The van der Waals surface area contributed by atoms with Gasteiger partial charge in [-0.25, -0.2) is 0 Å². The van der Waals surface area contributed by atoms with Crippen molar-refractivity contribution in [1.82, 2.24) is 0 Å². The van der Waals surface area contributed by atoms with Crippen LogP contribution in [-0.2, 0) is 10.1 Å². The van der Waals surface area contributed by atoms with Crippen molar-refractivity contribution in [3.8, 4) is 5.75 Å². The average Bonchev–Trinajstić information content (AvgIpc) is 2.20. The first-order chi connectivity index (χ1) is 7.44. The van der Waals surface area contributed by atoms with Gasteiger partial charge in [-0.15, -0.1) is 0 Å². The zero-order valence-electron chi connectivity index (χ0n) is 8.74. The Morgan fingerprint density at radius 1 is 1.44 bits per heavy atom. The second kappa shape index (κ2) is 5.89. The van der Waals surface area contributed by atoms with Gasteiger partial charge in [0.2, 0.25) is 0 Å². The summed E-state index contributed by atoms with van der Waals surface area (Å²) in [4.78, 5) is 0. The Hall–Kier alpha value is -0.260. The third-order valence-electron chi connectivity index (χ3n) is 1.86. The largest absolute Gasteiger partial charge is 0.381 e. The first-order valence-corrected chi connectivity index (χ1v) is 7.56. The number of halogens is 2. The maximum Gasteiger partial charge on any atom is 0.309 e. The molecule has 1 rings (SSSR count). The molecular weight excluding hydrogens is 316 g/mol. The predicted molar refractivity (Wildman–Crippen MR) is 68.5 cm³/mol. The molecule has 0 aliphatic carbocycles. The first kappa shape index (κ1) is 13.8. The van der Waals surface area contributed by atoms with Crippen LogP contribution in [0, 0.1) is 0 Å². The van der Waals surface area contributed by atoms with Crippen LogP contribution in [0.15, 0.2) is 22.7 Å². The van der Waals surface area contributed by atoms with Gasteiger partial charge in [0.15, 0.2) is 5.75 Å². The van der Waals surface area contributed by atoms with E-state index < -0.39 is 10.1 Å². The van der Waals surface area contributed by atoms with Crippen LogP contribution < -0.4 is 4.18 Å². The lowest BCUT2D eigenvalue weighted by Crippen LogP contribution is -2.13. The van der Waals surface area contributed by atoms with Crippen LogP contribution in [0.1, 0.15) is 19.8 Å². The molecule has 0 fully saturated rings. The van der Waals surface area contributed by atoms with Crippen LogP contribution in [0.25, 0.3) is 0 Å². The van der Waals surface area contributed by atoms with Crippen LogP contribution in [0.3, 0.4) is 0 Å². The molecule has 0 bridgehead atoms. The van der Waals surface area contributed by atoms with Crippen LogP contribution in [0.4, 0.5) is 0 Å². The fourth-order valence-electron chi connectivity index (χ4n) is 1.04. The van der Waals surface area contributed by atoms with Gasteiger partial charge in [-0.2, -0.15) is 8.42 Å². The van der Waals surface area contributed by atoms with Crippen molar-refractivity contribution in [3.05, 3.63) is 27.7 Å². The highest BCUT2D eigenvalue weighted by molar-refractivity contribution is 9.10. The molecular formula is C10H12BrClO3S. The fraction of sp³-hybridized carbons (Fsp3) is 0.400. The summed E-state index contributed by atoms with van der Waals surface area (Å²) >= 11 is 9.05. The molecule has 1 aromatic carbocycles. The molecule has 0 atom stereocenters. The highest BCUT2D eigenvalue weighted by Gasteiger charge is 2.14. The molecule has 6 heteroatoms. The van der Waals surface area contributed by atoms with Crippen molar-refractivity contribution in [2.24, 2.45) is 0 Å². The lowest BCUT2D eigenvalue weighted by Gasteiger charge is -2.08. The van der Waals surface area contributed by atoms with Crippen LogP contribution in [0.2, 0.25) is 5.02 Å². The van der Waals surface area contributed by atoms with Gasteiger partial charge in [0.05, 0.1) is 10.8 Å². The number of hydrogen-bond acceptors (Lipinski definition) is 3. The summed E-state index contributed by atoms with van der Waals surface area (Å²) in [7, 11) is -3.54. The number of unbranched alkanes of at least 4 members (excludes halogenated alkanes) is 1. The Morgan fingerprint density at radius 2 is 2.12 bits per heavy atom. The van der Waals surface area contributed by atoms with Gasteiger partial charge in [-0.05, 0) is 24.6 Å². The third-order valence-corrected chi connectivity index (χ3v) is 3.89. The monoisotopic (exact) mass is 326 g/mol. The van der Waals surface area contributed by atoms with Crippen molar-refractivity contribution in [2.45, 2.75) is 19.8 Å². The second-order valence-electron chi connectivity index (χ2n) is 3.27. The number of hydrogen-bond donors (Lipinski definition) is 0. The zero-order valence-corrected chi connectivity index (χ0v) is 11.9. The fourth-order valence-corrected chi connectivity index (χ4v) is 2.72. The van der Waals surface area contributed by atoms with E-state index in [4.69, 9.17) is 15.8 Å². The number of rotatable bonds is 5. The Bertz CT molecular complexity index is 459. The molecule has 0 N–H and O–H groups in total. The standard InChI is InChI=1S/C10H12BrClO3S/c1-2-3-6-16(13,14)15-10-7-8(11)4-5-9(10)12/h4-5,7H,2-3,6H2,1H3. The highest BCUT2D eigenvalue weighted by Crippen LogP contribution is 2.29. The minimum Gasteiger partial charge on any atom is -0.381 e. The van der Waals surface area contributed by atoms with Crippen molar-refractivity contribution < 1.29 is 12.6 Å². The SMILES string of the molecule is CCCCS(=O)(=O)Oc1cc(Br)ccc1Cl. The van der Waals surface area contributed by atoms with E-state index in [1.54, 1.807) is 12.1 Å². The van der Waals surface area contributed by atoms with E-state index in [-0.39, 0.29) is 16.5 Å². The summed E-state index contributed by atoms with van der Waals surface area (Å²) in [6.45, 7) is 1.92. The van der Waals surface area contributed by atoms with Gasteiger partial charge < -0.3 is 4.18 Å². The summed E-state index contributed by atoms with van der Waals surface area (Å²) in [6.07, 6.45) is 1.38. The molecule has 0 aliphatic rings. The molecule has 0 aliphatic heterocycles. The molecule has 16 heavy (non-hydrogen) atoms. The molecule has 0 saturated carbocycles. The normalized spacial score (nSPS) is 11.4. The molecule has 0 saturated heterocycles. The van der Waals surface area contributed by atoms with Gasteiger partial charge in [0, 0.05) is 4.47 Å². The summed E-state index contributed by atoms with van der Waals surface area (Å²) in [5.41, 5.74) is 0. The minimum absolute atomic E-state index is 0.00629. The molecule has 0 unspecified atom stereocenters. The third kappa shape index (κ3) is 4.31. The maximum atomic E-state index is 11.5. The highest BCUT2D eigenvalue weighted by atomic mass is 79.9. The first-order valence-electron chi connectivity index (χ1n) is 4.82. The van der Waals surface area contributed by atoms with E-state index >= 15 is 0 Å². The molecule has 0 heterocycles. The average molecular weight is 328 g/mol. The topological polar surface area (TPSA) is 43.4 Å². The number of benzene rings is 1. The lowest BCUT2D eigenvalue weighted by molar-refractivity contribution is 0.483. The Balaban J connectivity index is 2.83. The van der Waals surface area contributed by atoms with Gasteiger partial charge in [0.1, 0.15) is 0 Å². The molecule has 3 nitrogen and oxygen atoms in total. The predicted octanol–water partition coefficient (Wildman–Crippen LogP) is 3.61. The van der Waals surface area contributed by atoms with Crippen molar-refractivity contribution in [3.63, 3.8) is 0 Å². The lowest BCUT2D eigenvalue weighted by atomic mass is 10.3. The van der Waals surface area contributed by atoms with E-state index in [9.17, 15) is 8.42 Å². The van der Waals surface area contributed by atoms with Gasteiger partial charge in [0.25, 0.3) is 0 Å². The Labute approximate surface area is 109 Å². The van der Waals surface area contributed by atoms with Crippen LogP contribution >= 0.6 is 27.5 Å². The summed E-state index contributed by atoms with van der Waals surface area (Å²) < 4.78 is 28.7. The van der Waals surface area contributed by atoms with Crippen molar-refractivity contribution >= 4 is 37.6 Å². The molecule has 0 amide bonds. The van der Waals surface area contributed by atoms with E-state index in [0.29, 0.717) is 6.42 Å². The van der Waals surface area contributed by atoms with Crippen LogP contribution in [-0.4, -0.2) is 14.2 Å². The summed E-state index contributed by atoms with van der Waals surface area (Å²) in [5.74, 6) is 0.166. The van der Waals surface area contributed by atoms with E-state index in [2.05, 4.69) is 15.9 Å². The van der Waals surface area contributed by atoms with E-state index in [0.717, 1.165) is 10.9 Å². The summed E-state index contributed by atoms with van der Waals surface area (Å²) in [5, 5.41) is 0.281. The van der Waals surface area contributed by atoms with Gasteiger partial charge in [-0.3, -0.25) is 0 Å². The van der Waals surface area contributed by atoms with Crippen LogP contribution in [0.5, 0.6) is 5.75 Å². The van der Waals surface area contributed by atoms with Crippen molar-refractivity contribution in [2.75, 3.05) is 5.75 Å². The maximum absolute atomic E-state index is 11.5. The molecule has 0 spiro atoms. The van der Waals surface area contributed by atoms with Gasteiger partial charge in [-0.1, -0.05) is 40.9 Å². The molecule has 0 aromatic heterocycles. The molecule has 1 aromatic rings.